The molecule has 2 N–H and O–H groups in total. The number of rotatable bonds is 4. The largest absolute Gasteiger partial charge is 0.481 e. The van der Waals surface area contributed by atoms with Crippen LogP contribution in [0.1, 0.15) is 29.0 Å². The Balaban J connectivity index is 2.03. The molecule has 0 radical (unpaired) electrons. The van der Waals surface area contributed by atoms with Gasteiger partial charge in [0.25, 0.3) is 0 Å². The molecule has 3 aromatic rings. The zero-order valence-corrected chi connectivity index (χ0v) is 11.5. The van der Waals surface area contributed by atoms with Gasteiger partial charge >= 0.3 is 11.9 Å². The lowest BCUT2D eigenvalue weighted by Gasteiger charge is -2.11. The molecule has 2 aromatic carbocycles. The summed E-state index contributed by atoms with van der Waals surface area (Å²) in [7, 11) is 0. The lowest BCUT2D eigenvalue weighted by molar-refractivity contribution is -0.145. The highest BCUT2D eigenvalue weighted by atomic mass is 16.4. The molecule has 1 unspecified atom stereocenters. The fourth-order valence-electron chi connectivity index (χ4n) is 3.14. The molecule has 1 aliphatic carbocycles. The second-order valence-corrected chi connectivity index (χ2v) is 5.56. The van der Waals surface area contributed by atoms with Crippen LogP contribution in [0.25, 0.3) is 21.9 Å². The van der Waals surface area contributed by atoms with Crippen molar-refractivity contribution in [1.82, 2.24) is 0 Å². The number of carboxylic acid groups (broad SMARTS) is 2. The van der Waals surface area contributed by atoms with Gasteiger partial charge in [-0.3, -0.25) is 9.59 Å². The monoisotopic (exact) mass is 296 g/mol. The number of benzene rings is 2. The molecule has 1 atom stereocenters. The normalized spacial score (nSPS) is 14.0. The Labute approximate surface area is 124 Å². The Kier molecular flexibility index (Phi) is 2.54. The van der Waals surface area contributed by atoms with E-state index in [2.05, 4.69) is 0 Å². The molecule has 5 heteroatoms. The van der Waals surface area contributed by atoms with E-state index in [1.165, 1.54) is 11.1 Å². The fourth-order valence-corrected chi connectivity index (χ4v) is 3.14. The number of carboxylic acids is 2. The van der Waals surface area contributed by atoms with Gasteiger partial charge in [-0.2, -0.15) is 0 Å². The lowest BCUT2D eigenvalue weighted by atomic mass is 9.91. The van der Waals surface area contributed by atoms with E-state index in [1.54, 1.807) is 18.2 Å². The van der Waals surface area contributed by atoms with E-state index in [1.807, 2.05) is 12.1 Å². The molecule has 0 saturated carbocycles. The lowest BCUT2D eigenvalue weighted by Crippen LogP contribution is -2.16. The predicted molar refractivity (Wildman–Crippen MR) is 79.2 cm³/mol. The summed E-state index contributed by atoms with van der Waals surface area (Å²) in [6.45, 7) is 0. The van der Waals surface area contributed by atoms with Crippen LogP contribution in [0.2, 0.25) is 0 Å². The third kappa shape index (κ3) is 1.79. The molecule has 110 valence electrons. The van der Waals surface area contributed by atoms with Crippen molar-refractivity contribution in [3.05, 3.63) is 47.0 Å². The summed E-state index contributed by atoms with van der Waals surface area (Å²) in [6.07, 6.45) is 0.430. The van der Waals surface area contributed by atoms with Crippen LogP contribution in [0, 0.1) is 0 Å². The first kappa shape index (κ1) is 12.9. The molecule has 0 aliphatic heterocycles. The molecule has 1 aromatic heterocycles. The van der Waals surface area contributed by atoms with Crippen LogP contribution in [-0.4, -0.2) is 22.2 Å². The molecule has 5 nitrogen and oxygen atoms in total. The Bertz CT molecular complexity index is 950. The molecular weight excluding hydrogens is 284 g/mol. The average molecular weight is 296 g/mol. The summed E-state index contributed by atoms with van der Waals surface area (Å²) in [6, 6.07) is 9.06. The molecule has 1 aliphatic rings. The number of fused-ring (bicyclic) bond motifs is 5. The number of aliphatic carboxylic acids is 2. The van der Waals surface area contributed by atoms with Crippen molar-refractivity contribution in [3.8, 4) is 0 Å². The second-order valence-electron chi connectivity index (χ2n) is 5.56. The van der Waals surface area contributed by atoms with E-state index in [4.69, 9.17) is 9.52 Å². The van der Waals surface area contributed by atoms with Crippen LogP contribution >= 0.6 is 0 Å². The van der Waals surface area contributed by atoms with Gasteiger partial charge in [-0.25, -0.2) is 0 Å². The summed E-state index contributed by atoms with van der Waals surface area (Å²) in [4.78, 5) is 22.6. The van der Waals surface area contributed by atoms with E-state index in [-0.39, 0.29) is 0 Å². The van der Waals surface area contributed by atoms with Gasteiger partial charge in [-0.15, -0.1) is 0 Å². The summed E-state index contributed by atoms with van der Waals surface area (Å²) in [5.74, 6) is -3.36. The van der Waals surface area contributed by atoms with E-state index in [0.29, 0.717) is 11.1 Å². The quantitative estimate of drug-likeness (QED) is 0.604. The Morgan fingerprint density at radius 1 is 1.09 bits per heavy atom. The minimum absolute atomic E-state index is 0.448. The standard InChI is InChI=1S/C17H12O5/c18-14(19)7-11(17(20)21)9-2-1-3-12-15(9)16-10-6-8(10)4-5-13(16)22-12/h1-5,11H,6-7H2,(H,18,19)(H,20,21). The third-order valence-corrected chi connectivity index (χ3v) is 4.19. The zero-order chi connectivity index (χ0) is 15.4. The topological polar surface area (TPSA) is 87.7 Å². The highest BCUT2D eigenvalue weighted by Gasteiger charge is 2.30. The van der Waals surface area contributed by atoms with Gasteiger partial charge in [-0.05, 0) is 35.2 Å². The maximum Gasteiger partial charge on any atom is 0.311 e. The zero-order valence-electron chi connectivity index (χ0n) is 11.5. The molecular formula is C17H12O5. The van der Waals surface area contributed by atoms with Crippen molar-refractivity contribution < 1.29 is 24.2 Å². The van der Waals surface area contributed by atoms with Crippen molar-refractivity contribution in [2.45, 2.75) is 18.8 Å². The highest BCUT2D eigenvalue weighted by molar-refractivity contribution is 6.11. The average Bonchev–Trinajstić information content (AvgIpc) is 3.16. The summed E-state index contributed by atoms with van der Waals surface area (Å²) >= 11 is 0. The predicted octanol–water partition coefficient (Wildman–Crippen LogP) is 3.13. The van der Waals surface area contributed by atoms with Crippen LogP contribution in [0.15, 0.2) is 34.7 Å². The van der Waals surface area contributed by atoms with Crippen molar-refractivity contribution >= 4 is 33.9 Å². The van der Waals surface area contributed by atoms with Crippen LogP contribution in [0.4, 0.5) is 0 Å². The summed E-state index contributed by atoms with van der Waals surface area (Å²) in [5, 5.41) is 20.1. The van der Waals surface area contributed by atoms with Crippen molar-refractivity contribution in [2.75, 3.05) is 0 Å². The number of hydrogen-bond acceptors (Lipinski definition) is 3. The van der Waals surface area contributed by atoms with Gasteiger partial charge < -0.3 is 14.6 Å². The molecule has 4 rings (SSSR count). The number of carbonyl (C=O) groups is 2. The minimum atomic E-state index is -1.14. The van der Waals surface area contributed by atoms with Gasteiger partial charge in [0.15, 0.2) is 0 Å². The minimum Gasteiger partial charge on any atom is -0.481 e. The first-order chi connectivity index (χ1) is 10.6. The smallest absolute Gasteiger partial charge is 0.311 e. The van der Waals surface area contributed by atoms with Crippen molar-refractivity contribution in [2.24, 2.45) is 0 Å². The highest BCUT2D eigenvalue weighted by Crippen LogP contribution is 2.43. The molecule has 0 bridgehead atoms. The van der Waals surface area contributed by atoms with E-state index >= 15 is 0 Å². The Morgan fingerprint density at radius 2 is 1.86 bits per heavy atom. The van der Waals surface area contributed by atoms with Crippen molar-refractivity contribution in [1.29, 1.82) is 0 Å². The van der Waals surface area contributed by atoms with Gasteiger partial charge in [0, 0.05) is 10.8 Å². The number of hydrogen-bond donors (Lipinski definition) is 2. The summed E-state index contributed by atoms with van der Waals surface area (Å²) in [5.41, 5.74) is 4.23. The Hall–Kier alpha value is -2.82. The second kappa shape index (κ2) is 4.34. The van der Waals surface area contributed by atoms with Gasteiger partial charge in [0.05, 0.1) is 12.3 Å². The van der Waals surface area contributed by atoms with Gasteiger partial charge in [0.1, 0.15) is 11.2 Å². The first-order valence-corrected chi connectivity index (χ1v) is 6.96. The molecule has 0 fully saturated rings. The number of furan rings is 1. The van der Waals surface area contributed by atoms with Crippen LogP contribution in [-0.2, 0) is 16.0 Å². The Morgan fingerprint density at radius 3 is 2.59 bits per heavy atom. The molecule has 0 amide bonds. The first-order valence-electron chi connectivity index (χ1n) is 6.96. The van der Waals surface area contributed by atoms with Crippen LogP contribution < -0.4 is 0 Å². The molecule has 1 heterocycles. The molecule has 22 heavy (non-hydrogen) atoms. The van der Waals surface area contributed by atoms with E-state index in [0.717, 1.165) is 22.8 Å². The van der Waals surface area contributed by atoms with Crippen molar-refractivity contribution in [3.63, 3.8) is 0 Å². The maximum atomic E-state index is 11.5. The SMILES string of the molecule is O=C(O)CC(C(=O)O)c1cccc2oc3ccc4c(c3c12)C4. The third-order valence-electron chi connectivity index (χ3n) is 4.19. The van der Waals surface area contributed by atoms with Crippen LogP contribution in [0.3, 0.4) is 0 Å². The fraction of sp³-hybridized carbons (Fsp3) is 0.176. The van der Waals surface area contributed by atoms with Gasteiger partial charge in [0.2, 0.25) is 0 Å². The van der Waals surface area contributed by atoms with E-state index < -0.39 is 24.3 Å². The molecule has 0 spiro atoms. The molecule has 0 saturated heterocycles. The summed E-state index contributed by atoms with van der Waals surface area (Å²) < 4.78 is 5.80. The maximum absolute atomic E-state index is 11.5. The van der Waals surface area contributed by atoms with Crippen LogP contribution in [0.5, 0.6) is 0 Å². The van der Waals surface area contributed by atoms with Gasteiger partial charge in [-0.1, -0.05) is 18.2 Å². The van der Waals surface area contributed by atoms with E-state index in [9.17, 15) is 14.7 Å².